The summed E-state index contributed by atoms with van der Waals surface area (Å²) in [6.07, 6.45) is 4.07. The summed E-state index contributed by atoms with van der Waals surface area (Å²) in [5.41, 5.74) is 5.59. The van der Waals surface area contributed by atoms with Gasteiger partial charge in [0.15, 0.2) is 0 Å². The van der Waals surface area contributed by atoms with Crippen LogP contribution in [-0.4, -0.2) is 19.3 Å². The molecule has 0 aliphatic heterocycles. The molecule has 0 bridgehead atoms. The number of methoxy groups -OCH3 is 1. The summed E-state index contributed by atoms with van der Waals surface area (Å²) in [4.78, 5) is 0. The largest absolute Gasteiger partial charge is 0.380 e. The van der Waals surface area contributed by atoms with Crippen LogP contribution in [0.25, 0.3) is 0 Å². The first-order valence-corrected chi connectivity index (χ1v) is 7.39. The molecular weight excluding hydrogens is 234 g/mol. The summed E-state index contributed by atoms with van der Waals surface area (Å²) in [5.74, 6) is 0. The van der Waals surface area contributed by atoms with Crippen molar-refractivity contribution in [2.24, 2.45) is 0 Å². The third-order valence-corrected chi connectivity index (χ3v) is 4.39. The monoisotopic (exact) mass is 261 g/mol. The van der Waals surface area contributed by atoms with Crippen molar-refractivity contribution in [1.29, 1.82) is 0 Å². The maximum Gasteiger partial charge on any atom is 0.0724 e. The van der Waals surface area contributed by atoms with Gasteiger partial charge in [-0.1, -0.05) is 17.7 Å². The molecule has 2 rings (SSSR count). The summed E-state index contributed by atoms with van der Waals surface area (Å²) in [5, 5.41) is 3.77. The van der Waals surface area contributed by atoms with Crippen LogP contribution in [0.15, 0.2) is 12.1 Å². The Labute approximate surface area is 117 Å². The predicted molar refractivity (Wildman–Crippen MR) is 80.6 cm³/mol. The Bertz CT molecular complexity index is 418. The maximum absolute atomic E-state index is 5.58. The first-order valence-electron chi connectivity index (χ1n) is 7.39. The lowest BCUT2D eigenvalue weighted by Gasteiger charge is -2.26. The van der Waals surface area contributed by atoms with Crippen LogP contribution in [-0.2, 0) is 4.74 Å². The van der Waals surface area contributed by atoms with E-state index in [2.05, 4.69) is 45.1 Å². The Morgan fingerprint density at radius 2 is 1.79 bits per heavy atom. The van der Waals surface area contributed by atoms with Crippen molar-refractivity contribution in [3.63, 3.8) is 0 Å². The van der Waals surface area contributed by atoms with Gasteiger partial charge >= 0.3 is 0 Å². The van der Waals surface area contributed by atoms with E-state index in [0.29, 0.717) is 18.2 Å². The Kier molecular flexibility index (Phi) is 4.64. The minimum Gasteiger partial charge on any atom is -0.380 e. The molecule has 1 N–H and O–H groups in total. The van der Waals surface area contributed by atoms with Crippen LogP contribution in [0.2, 0.25) is 0 Å². The number of rotatable bonds is 4. The summed E-state index contributed by atoms with van der Waals surface area (Å²) >= 11 is 0. The van der Waals surface area contributed by atoms with Gasteiger partial charge in [-0.2, -0.15) is 0 Å². The molecule has 0 spiro atoms. The van der Waals surface area contributed by atoms with Crippen LogP contribution in [0, 0.1) is 20.8 Å². The normalized spacial score (nSPS) is 24.7. The molecule has 1 saturated carbocycles. The topological polar surface area (TPSA) is 21.3 Å². The molecule has 3 atom stereocenters. The molecule has 3 unspecified atom stereocenters. The minimum absolute atomic E-state index is 0.383. The molecule has 0 heterocycles. The average Bonchev–Trinajstić information content (AvgIpc) is 2.74. The summed E-state index contributed by atoms with van der Waals surface area (Å²) in [6, 6.07) is 5.45. The molecule has 1 aliphatic rings. The molecule has 0 radical (unpaired) electrons. The van der Waals surface area contributed by atoms with Crippen LogP contribution in [0.3, 0.4) is 0 Å². The van der Waals surface area contributed by atoms with Gasteiger partial charge in [-0.05, 0) is 63.6 Å². The Hall–Kier alpha value is -0.860. The van der Waals surface area contributed by atoms with Gasteiger partial charge in [0.25, 0.3) is 0 Å². The molecule has 1 aromatic rings. The fourth-order valence-electron chi connectivity index (χ4n) is 3.68. The lowest BCUT2D eigenvalue weighted by atomic mass is 9.94. The van der Waals surface area contributed by atoms with Crippen LogP contribution >= 0.6 is 0 Å². The van der Waals surface area contributed by atoms with Gasteiger partial charge in [0.2, 0.25) is 0 Å². The second kappa shape index (κ2) is 6.06. The first kappa shape index (κ1) is 14.5. The number of aryl methyl sites for hydroxylation is 3. The van der Waals surface area contributed by atoms with Crippen LogP contribution in [0.1, 0.15) is 54.5 Å². The highest BCUT2D eigenvalue weighted by atomic mass is 16.5. The molecule has 2 heteroatoms. The average molecular weight is 261 g/mol. The molecule has 19 heavy (non-hydrogen) atoms. The van der Waals surface area contributed by atoms with Gasteiger partial charge in [0, 0.05) is 19.2 Å². The van der Waals surface area contributed by atoms with Gasteiger partial charge in [-0.25, -0.2) is 0 Å². The van der Waals surface area contributed by atoms with E-state index in [1.165, 1.54) is 41.5 Å². The van der Waals surface area contributed by atoms with Crippen molar-refractivity contribution >= 4 is 0 Å². The number of nitrogens with one attached hydrogen (secondary N) is 1. The predicted octanol–water partition coefficient (Wildman–Crippen LogP) is 3.83. The Balaban J connectivity index is 2.14. The van der Waals surface area contributed by atoms with Gasteiger partial charge in [0.1, 0.15) is 0 Å². The van der Waals surface area contributed by atoms with Crippen molar-refractivity contribution in [2.45, 2.75) is 65.1 Å². The summed E-state index contributed by atoms with van der Waals surface area (Å²) in [6.45, 7) is 8.88. The standard InChI is InChI=1S/C17H27NO/c1-11-9-12(2)17(13(3)10-11)14(4)18-15-7-6-8-16(15)19-5/h9-10,14-16,18H,6-8H2,1-5H3. The molecule has 0 saturated heterocycles. The molecular formula is C17H27NO. The highest BCUT2D eigenvalue weighted by Crippen LogP contribution is 2.28. The van der Waals surface area contributed by atoms with Crippen molar-refractivity contribution in [1.82, 2.24) is 5.32 Å². The number of benzene rings is 1. The molecule has 1 aliphatic carbocycles. The zero-order valence-corrected chi connectivity index (χ0v) is 12.9. The van der Waals surface area contributed by atoms with E-state index < -0.39 is 0 Å². The molecule has 1 fully saturated rings. The fraction of sp³-hybridized carbons (Fsp3) is 0.647. The lowest BCUT2D eigenvalue weighted by Crippen LogP contribution is -2.38. The van der Waals surface area contributed by atoms with Gasteiger partial charge in [-0.3, -0.25) is 0 Å². The van der Waals surface area contributed by atoms with Crippen molar-refractivity contribution < 1.29 is 4.74 Å². The smallest absolute Gasteiger partial charge is 0.0724 e. The van der Waals surface area contributed by atoms with E-state index in [0.717, 1.165) is 0 Å². The maximum atomic E-state index is 5.58. The van der Waals surface area contributed by atoms with E-state index in [1.807, 2.05) is 7.11 Å². The van der Waals surface area contributed by atoms with E-state index >= 15 is 0 Å². The molecule has 1 aromatic carbocycles. The van der Waals surface area contributed by atoms with E-state index in [1.54, 1.807) is 0 Å². The van der Waals surface area contributed by atoms with E-state index in [-0.39, 0.29) is 0 Å². The highest BCUT2D eigenvalue weighted by molar-refractivity contribution is 5.39. The highest BCUT2D eigenvalue weighted by Gasteiger charge is 2.28. The molecule has 0 amide bonds. The fourth-order valence-corrected chi connectivity index (χ4v) is 3.68. The van der Waals surface area contributed by atoms with Gasteiger partial charge < -0.3 is 10.1 Å². The second-order valence-electron chi connectivity index (χ2n) is 6.01. The van der Waals surface area contributed by atoms with Crippen molar-refractivity contribution in [3.05, 3.63) is 34.4 Å². The Morgan fingerprint density at radius 3 is 2.37 bits per heavy atom. The van der Waals surface area contributed by atoms with Crippen LogP contribution in [0.4, 0.5) is 0 Å². The van der Waals surface area contributed by atoms with Crippen molar-refractivity contribution in [3.8, 4) is 0 Å². The minimum atomic E-state index is 0.383. The third kappa shape index (κ3) is 3.18. The molecule has 106 valence electrons. The van der Waals surface area contributed by atoms with Crippen LogP contribution in [0.5, 0.6) is 0 Å². The van der Waals surface area contributed by atoms with E-state index in [4.69, 9.17) is 4.74 Å². The molecule has 2 nitrogen and oxygen atoms in total. The molecule has 0 aromatic heterocycles. The number of hydrogen-bond donors (Lipinski definition) is 1. The SMILES string of the molecule is COC1CCCC1NC(C)c1c(C)cc(C)cc1C. The number of hydrogen-bond acceptors (Lipinski definition) is 2. The number of ether oxygens (including phenoxy) is 1. The Morgan fingerprint density at radius 1 is 1.16 bits per heavy atom. The zero-order chi connectivity index (χ0) is 14.0. The van der Waals surface area contributed by atoms with Crippen LogP contribution < -0.4 is 5.32 Å². The summed E-state index contributed by atoms with van der Waals surface area (Å²) < 4.78 is 5.58. The third-order valence-electron chi connectivity index (χ3n) is 4.39. The van der Waals surface area contributed by atoms with E-state index in [9.17, 15) is 0 Å². The summed E-state index contributed by atoms with van der Waals surface area (Å²) in [7, 11) is 1.83. The van der Waals surface area contributed by atoms with Gasteiger partial charge in [0.05, 0.1) is 6.10 Å². The first-order chi connectivity index (χ1) is 9.02. The van der Waals surface area contributed by atoms with Crippen molar-refractivity contribution in [2.75, 3.05) is 7.11 Å². The zero-order valence-electron chi connectivity index (χ0n) is 12.9. The second-order valence-corrected chi connectivity index (χ2v) is 6.01. The lowest BCUT2D eigenvalue weighted by molar-refractivity contribution is 0.0819. The quantitative estimate of drug-likeness (QED) is 0.889. The van der Waals surface area contributed by atoms with Gasteiger partial charge in [-0.15, -0.1) is 0 Å².